The monoisotopic (exact) mass is 295 g/mol. The smallest absolute Gasteiger partial charge is 0.229 e. The van der Waals surface area contributed by atoms with E-state index < -0.39 is 0 Å². The summed E-state index contributed by atoms with van der Waals surface area (Å²) in [5, 5.41) is 8.45. The molecule has 0 unspecified atom stereocenters. The quantitative estimate of drug-likeness (QED) is 0.872. The maximum Gasteiger partial charge on any atom is 0.229 e. The molecule has 1 heterocycles. The van der Waals surface area contributed by atoms with Gasteiger partial charge in [-0.05, 0) is 11.6 Å². The lowest BCUT2D eigenvalue weighted by Gasteiger charge is -2.19. The zero-order valence-electron chi connectivity index (χ0n) is 12.3. The molecule has 5 nitrogen and oxygen atoms in total. The van der Waals surface area contributed by atoms with Gasteiger partial charge < -0.3 is 9.47 Å². The Kier molecular flexibility index (Phi) is 3.90. The predicted octanol–water partition coefficient (Wildman–Crippen LogP) is 3.24. The van der Waals surface area contributed by atoms with Gasteiger partial charge in [0.15, 0.2) is 0 Å². The number of hydrogen-bond donors (Lipinski definition) is 0. The second-order valence-electron chi connectivity index (χ2n) is 5.45. The molecule has 0 saturated heterocycles. The Morgan fingerprint density at radius 2 is 1.55 bits per heavy atom. The molecule has 0 saturated carbocycles. The highest BCUT2D eigenvalue weighted by Crippen LogP contribution is 2.31. The first kappa shape index (κ1) is 14.7. The van der Waals surface area contributed by atoms with Crippen LogP contribution >= 0.6 is 11.6 Å². The molecular weight excluding hydrogens is 278 g/mol. The van der Waals surface area contributed by atoms with Gasteiger partial charge in [-0.3, -0.25) is 4.57 Å². The van der Waals surface area contributed by atoms with Crippen molar-refractivity contribution in [2.45, 2.75) is 26.2 Å². The van der Waals surface area contributed by atoms with Gasteiger partial charge in [-0.25, -0.2) is 0 Å². The summed E-state index contributed by atoms with van der Waals surface area (Å²) in [4.78, 5) is 0. The molecular formula is C14H18ClN3O2. The Hall–Kier alpha value is -1.75. The molecule has 0 bridgehead atoms. The third kappa shape index (κ3) is 2.72. The van der Waals surface area contributed by atoms with Gasteiger partial charge in [0.1, 0.15) is 17.3 Å². The molecule has 108 valence electrons. The molecule has 0 amide bonds. The lowest BCUT2D eigenvalue weighted by Crippen LogP contribution is -2.18. The van der Waals surface area contributed by atoms with Crippen LogP contribution in [0.25, 0.3) is 5.69 Å². The fraction of sp³-hybridized carbons (Fsp3) is 0.429. The Balaban J connectivity index is 2.65. The summed E-state index contributed by atoms with van der Waals surface area (Å²) in [5.74, 6) is 2.14. The number of halogens is 1. The van der Waals surface area contributed by atoms with Crippen LogP contribution < -0.4 is 9.47 Å². The van der Waals surface area contributed by atoms with Crippen molar-refractivity contribution >= 4 is 11.6 Å². The number of hydrogen-bond acceptors (Lipinski definition) is 4. The van der Waals surface area contributed by atoms with Crippen molar-refractivity contribution in [3.05, 3.63) is 29.3 Å². The summed E-state index contributed by atoms with van der Waals surface area (Å²) in [5.41, 5.74) is 0.623. The van der Waals surface area contributed by atoms with Crippen LogP contribution in [0.5, 0.6) is 11.5 Å². The van der Waals surface area contributed by atoms with Crippen LogP contribution in [0.4, 0.5) is 0 Å². The Morgan fingerprint density at radius 3 is 2.00 bits per heavy atom. The van der Waals surface area contributed by atoms with Crippen LogP contribution in [-0.4, -0.2) is 29.0 Å². The van der Waals surface area contributed by atoms with Crippen molar-refractivity contribution in [1.82, 2.24) is 14.8 Å². The minimum absolute atomic E-state index is 0.184. The minimum Gasteiger partial charge on any atom is -0.497 e. The number of methoxy groups -OCH3 is 2. The van der Waals surface area contributed by atoms with Crippen LogP contribution in [0.15, 0.2) is 18.2 Å². The highest BCUT2D eigenvalue weighted by Gasteiger charge is 2.24. The Bertz CT molecular complexity index is 595. The molecule has 1 aromatic heterocycles. The average Bonchev–Trinajstić information content (AvgIpc) is 2.80. The van der Waals surface area contributed by atoms with Gasteiger partial charge in [-0.1, -0.05) is 20.8 Å². The van der Waals surface area contributed by atoms with Crippen molar-refractivity contribution in [2.24, 2.45) is 0 Å². The summed E-state index contributed by atoms with van der Waals surface area (Å²) < 4.78 is 12.4. The SMILES string of the molecule is COc1cc(OC)cc(-n2c(Cl)nnc2C(C)(C)C)c1. The number of rotatable bonds is 3. The largest absolute Gasteiger partial charge is 0.497 e. The second-order valence-corrected chi connectivity index (χ2v) is 5.79. The van der Waals surface area contributed by atoms with E-state index in [-0.39, 0.29) is 5.41 Å². The number of ether oxygens (including phenoxy) is 2. The minimum atomic E-state index is -0.184. The topological polar surface area (TPSA) is 49.2 Å². The summed E-state index contributed by atoms with van der Waals surface area (Å²) in [6.07, 6.45) is 0. The zero-order valence-corrected chi connectivity index (χ0v) is 13.0. The van der Waals surface area contributed by atoms with Crippen LogP contribution in [-0.2, 0) is 5.41 Å². The standard InChI is InChI=1S/C14H18ClN3O2/c1-14(2,3)12-16-17-13(15)18(12)9-6-10(19-4)8-11(7-9)20-5/h6-8H,1-5H3. The molecule has 20 heavy (non-hydrogen) atoms. The van der Waals surface area contributed by atoms with Crippen molar-refractivity contribution in [2.75, 3.05) is 14.2 Å². The van der Waals surface area contributed by atoms with E-state index in [2.05, 4.69) is 31.0 Å². The van der Waals surface area contributed by atoms with E-state index in [1.807, 2.05) is 12.1 Å². The van der Waals surface area contributed by atoms with Crippen molar-refractivity contribution in [3.8, 4) is 17.2 Å². The van der Waals surface area contributed by atoms with Crippen LogP contribution in [0, 0.1) is 0 Å². The average molecular weight is 296 g/mol. The van der Waals surface area contributed by atoms with Crippen LogP contribution in [0.1, 0.15) is 26.6 Å². The highest BCUT2D eigenvalue weighted by atomic mass is 35.5. The van der Waals surface area contributed by atoms with Gasteiger partial charge >= 0.3 is 0 Å². The first-order valence-corrected chi connectivity index (χ1v) is 6.59. The van der Waals surface area contributed by atoms with E-state index in [1.54, 1.807) is 24.9 Å². The molecule has 1 aromatic carbocycles. The molecule has 0 atom stereocenters. The fourth-order valence-corrected chi connectivity index (χ4v) is 2.12. The van der Waals surface area contributed by atoms with Crippen molar-refractivity contribution in [1.29, 1.82) is 0 Å². The molecule has 0 N–H and O–H groups in total. The van der Waals surface area contributed by atoms with E-state index in [0.717, 1.165) is 11.5 Å². The first-order valence-electron chi connectivity index (χ1n) is 6.21. The van der Waals surface area contributed by atoms with Crippen LogP contribution in [0.3, 0.4) is 0 Å². The summed E-state index contributed by atoms with van der Waals surface area (Å²) >= 11 is 6.18. The normalized spacial score (nSPS) is 11.5. The third-order valence-corrected chi connectivity index (χ3v) is 3.13. The molecule has 6 heteroatoms. The van der Waals surface area contributed by atoms with Gasteiger partial charge in [0.05, 0.1) is 19.9 Å². The van der Waals surface area contributed by atoms with E-state index in [0.29, 0.717) is 16.8 Å². The zero-order chi connectivity index (χ0) is 14.9. The molecule has 0 spiro atoms. The van der Waals surface area contributed by atoms with Gasteiger partial charge in [0.25, 0.3) is 0 Å². The number of benzene rings is 1. The van der Waals surface area contributed by atoms with E-state index in [4.69, 9.17) is 21.1 Å². The predicted molar refractivity (Wildman–Crippen MR) is 78.2 cm³/mol. The lowest BCUT2D eigenvalue weighted by molar-refractivity contribution is 0.394. The van der Waals surface area contributed by atoms with E-state index in [9.17, 15) is 0 Å². The Labute approximate surface area is 123 Å². The van der Waals surface area contributed by atoms with Gasteiger partial charge in [0.2, 0.25) is 5.28 Å². The van der Waals surface area contributed by atoms with Crippen LogP contribution in [0.2, 0.25) is 5.28 Å². The van der Waals surface area contributed by atoms with Gasteiger partial charge in [-0.2, -0.15) is 0 Å². The molecule has 0 radical (unpaired) electrons. The number of aromatic nitrogens is 3. The highest BCUT2D eigenvalue weighted by molar-refractivity contribution is 6.28. The molecule has 0 aliphatic rings. The van der Waals surface area contributed by atoms with E-state index >= 15 is 0 Å². The number of nitrogens with zero attached hydrogens (tertiary/aromatic N) is 3. The molecule has 0 aliphatic heterocycles. The summed E-state index contributed by atoms with van der Waals surface area (Å²) in [6.45, 7) is 6.17. The maximum absolute atomic E-state index is 6.18. The molecule has 2 rings (SSSR count). The second kappa shape index (κ2) is 5.32. The first-order chi connectivity index (χ1) is 9.36. The Morgan fingerprint density at radius 1 is 1.00 bits per heavy atom. The van der Waals surface area contributed by atoms with E-state index in [1.165, 1.54) is 0 Å². The fourth-order valence-electron chi connectivity index (χ4n) is 1.90. The molecule has 0 aliphatic carbocycles. The molecule has 0 fully saturated rings. The van der Waals surface area contributed by atoms with Gasteiger partial charge in [-0.15, -0.1) is 10.2 Å². The van der Waals surface area contributed by atoms with Crippen molar-refractivity contribution < 1.29 is 9.47 Å². The molecule has 2 aromatic rings. The lowest BCUT2D eigenvalue weighted by atomic mass is 9.95. The van der Waals surface area contributed by atoms with Gasteiger partial charge in [0, 0.05) is 23.6 Å². The summed E-state index contributed by atoms with van der Waals surface area (Å²) in [6, 6.07) is 5.54. The summed E-state index contributed by atoms with van der Waals surface area (Å²) in [7, 11) is 3.22. The third-order valence-electron chi connectivity index (χ3n) is 2.89. The van der Waals surface area contributed by atoms with Crippen molar-refractivity contribution in [3.63, 3.8) is 0 Å². The maximum atomic E-state index is 6.18.